The van der Waals surface area contributed by atoms with E-state index in [9.17, 15) is 12.8 Å². The first-order chi connectivity index (χ1) is 8.94. The quantitative estimate of drug-likeness (QED) is 0.883. The van der Waals surface area contributed by atoms with Crippen molar-refractivity contribution in [3.8, 4) is 0 Å². The molecular formula is C12H10ClFN2O2S. The summed E-state index contributed by atoms with van der Waals surface area (Å²) in [7, 11) is -3.61. The van der Waals surface area contributed by atoms with Gasteiger partial charge in [-0.15, -0.1) is 0 Å². The molecule has 0 atom stereocenters. The standard InChI is InChI=1S/C12H10ClFN2O2S/c13-11-2-1-3-12(15-11)16-19(17,18)8-9-4-6-10(14)7-5-9/h1-7H,8H2,(H,15,16). The smallest absolute Gasteiger partial charge is 0.238 e. The summed E-state index contributed by atoms with van der Waals surface area (Å²) in [5, 5.41) is 0.196. The lowest BCUT2D eigenvalue weighted by Crippen LogP contribution is -2.15. The van der Waals surface area contributed by atoms with E-state index in [2.05, 4.69) is 9.71 Å². The maximum atomic E-state index is 12.7. The van der Waals surface area contributed by atoms with Crippen molar-refractivity contribution in [2.45, 2.75) is 5.75 Å². The van der Waals surface area contributed by atoms with Crippen LogP contribution in [0.25, 0.3) is 0 Å². The summed E-state index contributed by atoms with van der Waals surface area (Å²) in [6.07, 6.45) is 0. The summed E-state index contributed by atoms with van der Waals surface area (Å²) >= 11 is 5.66. The maximum absolute atomic E-state index is 12.7. The fraction of sp³-hybridized carbons (Fsp3) is 0.0833. The van der Waals surface area contributed by atoms with E-state index in [0.29, 0.717) is 5.56 Å². The zero-order chi connectivity index (χ0) is 13.9. The van der Waals surface area contributed by atoms with E-state index in [1.807, 2.05) is 0 Å². The molecule has 0 saturated heterocycles. The summed E-state index contributed by atoms with van der Waals surface area (Å²) in [5.74, 6) is -0.526. The van der Waals surface area contributed by atoms with Gasteiger partial charge in [0, 0.05) is 0 Å². The Bertz CT molecular complexity index is 674. The van der Waals surface area contributed by atoms with Crippen molar-refractivity contribution in [3.05, 3.63) is 59.0 Å². The number of sulfonamides is 1. The Labute approximate surface area is 115 Å². The van der Waals surface area contributed by atoms with Gasteiger partial charge in [0.25, 0.3) is 0 Å². The Hall–Kier alpha value is -1.66. The van der Waals surface area contributed by atoms with Crippen LogP contribution in [0.2, 0.25) is 5.15 Å². The Morgan fingerprint density at radius 2 is 1.84 bits per heavy atom. The van der Waals surface area contributed by atoms with Crippen molar-refractivity contribution in [1.29, 1.82) is 0 Å². The number of hydrogen-bond acceptors (Lipinski definition) is 3. The predicted molar refractivity (Wildman–Crippen MR) is 71.9 cm³/mol. The van der Waals surface area contributed by atoms with Crippen LogP contribution in [0.3, 0.4) is 0 Å². The molecule has 0 aliphatic heterocycles. The Morgan fingerprint density at radius 3 is 2.47 bits per heavy atom. The van der Waals surface area contributed by atoms with E-state index in [4.69, 9.17) is 11.6 Å². The van der Waals surface area contributed by atoms with E-state index >= 15 is 0 Å². The third-order valence-corrected chi connectivity index (χ3v) is 3.69. The van der Waals surface area contributed by atoms with Gasteiger partial charge in [0.2, 0.25) is 10.0 Å². The van der Waals surface area contributed by atoms with Crippen LogP contribution in [0.1, 0.15) is 5.56 Å². The van der Waals surface area contributed by atoms with Crippen molar-refractivity contribution < 1.29 is 12.8 Å². The topological polar surface area (TPSA) is 59.1 Å². The average Bonchev–Trinajstić information content (AvgIpc) is 2.31. The van der Waals surface area contributed by atoms with Gasteiger partial charge in [0.1, 0.15) is 16.8 Å². The SMILES string of the molecule is O=S(=O)(Cc1ccc(F)cc1)Nc1cccc(Cl)n1. The molecule has 0 unspecified atom stereocenters. The molecule has 2 rings (SSSR count). The molecule has 1 aromatic carbocycles. The highest BCUT2D eigenvalue weighted by molar-refractivity contribution is 7.91. The summed E-state index contributed by atoms with van der Waals surface area (Å²) in [5.41, 5.74) is 0.482. The van der Waals surface area contributed by atoms with E-state index in [1.165, 1.54) is 30.3 Å². The second-order valence-corrected chi connectivity index (χ2v) is 5.94. The normalized spacial score (nSPS) is 11.3. The van der Waals surface area contributed by atoms with Crippen LogP contribution < -0.4 is 4.72 Å². The largest absolute Gasteiger partial charge is 0.267 e. The number of benzene rings is 1. The van der Waals surface area contributed by atoms with Gasteiger partial charge >= 0.3 is 0 Å². The summed E-state index contributed by atoms with van der Waals surface area (Å²) in [6, 6.07) is 9.88. The minimum atomic E-state index is -3.61. The van der Waals surface area contributed by atoms with E-state index in [-0.39, 0.29) is 16.7 Å². The number of pyridine rings is 1. The summed E-state index contributed by atoms with van der Waals surface area (Å²) < 4.78 is 38.8. The number of halogens is 2. The molecule has 0 amide bonds. The average molecular weight is 301 g/mol. The lowest BCUT2D eigenvalue weighted by molar-refractivity contribution is 0.599. The van der Waals surface area contributed by atoms with Gasteiger partial charge < -0.3 is 0 Å². The molecule has 1 aromatic heterocycles. The number of nitrogens with zero attached hydrogens (tertiary/aromatic N) is 1. The highest BCUT2D eigenvalue weighted by Gasteiger charge is 2.12. The minimum absolute atomic E-state index is 0.148. The molecule has 0 radical (unpaired) electrons. The van der Waals surface area contributed by atoms with Crippen molar-refractivity contribution in [1.82, 2.24) is 4.98 Å². The second kappa shape index (κ2) is 5.54. The Balaban J connectivity index is 2.13. The lowest BCUT2D eigenvalue weighted by atomic mass is 10.2. The summed E-state index contributed by atoms with van der Waals surface area (Å²) in [6.45, 7) is 0. The van der Waals surface area contributed by atoms with Gasteiger partial charge in [0.15, 0.2) is 0 Å². The molecule has 100 valence electrons. The molecule has 0 fully saturated rings. The molecule has 7 heteroatoms. The molecule has 0 saturated carbocycles. The number of hydrogen-bond donors (Lipinski definition) is 1. The van der Waals surface area contributed by atoms with Crippen LogP contribution in [-0.4, -0.2) is 13.4 Å². The van der Waals surface area contributed by atoms with Gasteiger partial charge in [-0.05, 0) is 29.8 Å². The fourth-order valence-electron chi connectivity index (χ4n) is 1.46. The lowest BCUT2D eigenvalue weighted by Gasteiger charge is -2.07. The van der Waals surface area contributed by atoms with Gasteiger partial charge in [-0.25, -0.2) is 17.8 Å². The Morgan fingerprint density at radius 1 is 1.16 bits per heavy atom. The first kappa shape index (κ1) is 13.8. The van der Waals surface area contributed by atoms with Crippen LogP contribution in [0, 0.1) is 5.82 Å². The fourth-order valence-corrected chi connectivity index (χ4v) is 2.76. The van der Waals surface area contributed by atoms with Crippen molar-refractivity contribution in [2.75, 3.05) is 4.72 Å². The van der Waals surface area contributed by atoms with Gasteiger partial charge in [-0.1, -0.05) is 29.8 Å². The van der Waals surface area contributed by atoms with Gasteiger partial charge in [-0.3, -0.25) is 4.72 Å². The van der Waals surface area contributed by atoms with Crippen LogP contribution >= 0.6 is 11.6 Å². The third-order valence-electron chi connectivity index (χ3n) is 2.25. The summed E-state index contributed by atoms with van der Waals surface area (Å²) in [4.78, 5) is 3.83. The molecule has 0 aliphatic rings. The van der Waals surface area contributed by atoms with Crippen molar-refractivity contribution in [3.63, 3.8) is 0 Å². The van der Waals surface area contributed by atoms with Crippen LogP contribution in [0.4, 0.5) is 10.2 Å². The number of nitrogens with one attached hydrogen (secondary N) is 1. The number of anilines is 1. The molecular weight excluding hydrogens is 291 g/mol. The molecule has 1 heterocycles. The highest BCUT2D eigenvalue weighted by Crippen LogP contribution is 2.13. The molecule has 4 nitrogen and oxygen atoms in total. The number of rotatable bonds is 4. The molecule has 0 aliphatic carbocycles. The van der Waals surface area contributed by atoms with Gasteiger partial charge in [-0.2, -0.15) is 0 Å². The van der Waals surface area contributed by atoms with Crippen molar-refractivity contribution >= 4 is 27.4 Å². The van der Waals surface area contributed by atoms with Gasteiger partial charge in [0.05, 0.1) is 5.75 Å². The predicted octanol–water partition coefficient (Wildman–Crippen LogP) is 2.82. The van der Waals surface area contributed by atoms with Crippen LogP contribution in [0.5, 0.6) is 0 Å². The zero-order valence-electron chi connectivity index (χ0n) is 9.68. The maximum Gasteiger partial charge on any atom is 0.238 e. The van der Waals surface area contributed by atoms with E-state index < -0.39 is 15.8 Å². The second-order valence-electron chi connectivity index (χ2n) is 3.83. The highest BCUT2D eigenvalue weighted by atomic mass is 35.5. The van der Waals surface area contributed by atoms with E-state index in [1.54, 1.807) is 12.1 Å². The number of aromatic nitrogens is 1. The Kier molecular flexibility index (Phi) is 4.01. The first-order valence-electron chi connectivity index (χ1n) is 5.32. The molecule has 0 spiro atoms. The third kappa shape index (κ3) is 4.18. The molecule has 0 bridgehead atoms. The minimum Gasteiger partial charge on any atom is -0.267 e. The molecule has 19 heavy (non-hydrogen) atoms. The zero-order valence-corrected chi connectivity index (χ0v) is 11.2. The van der Waals surface area contributed by atoms with Crippen LogP contribution in [-0.2, 0) is 15.8 Å². The molecule has 1 N–H and O–H groups in total. The van der Waals surface area contributed by atoms with Crippen LogP contribution in [0.15, 0.2) is 42.5 Å². The first-order valence-corrected chi connectivity index (χ1v) is 7.35. The monoisotopic (exact) mass is 300 g/mol. The van der Waals surface area contributed by atoms with E-state index in [0.717, 1.165) is 0 Å². The molecule has 2 aromatic rings. The van der Waals surface area contributed by atoms with Crippen molar-refractivity contribution in [2.24, 2.45) is 0 Å².